The Morgan fingerprint density at radius 3 is 2.33 bits per heavy atom. The third kappa shape index (κ3) is 2.74. The van der Waals surface area contributed by atoms with Gasteiger partial charge in [0.2, 0.25) is 6.41 Å². The van der Waals surface area contributed by atoms with Crippen LogP contribution >= 0.6 is 0 Å². The second kappa shape index (κ2) is 5.35. The summed E-state index contributed by atoms with van der Waals surface area (Å²) in [7, 11) is 0. The maximum Gasteiger partial charge on any atom is 0.211 e. The molecule has 0 fully saturated rings. The highest BCUT2D eigenvalue weighted by Crippen LogP contribution is 2.08. The molecule has 1 rings (SSSR count). The number of rotatable bonds is 3. The van der Waals surface area contributed by atoms with Crippen LogP contribution in [0.25, 0.3) is 0 Å². The maximum absolute atomic E-state index is 10.0. The van der Waals surface area contributed by atoms with Crippen LogP contribution in [0.1, 0.15) is 19.9 Å². The molecule has 12 heavy (non-hydrogen) atoms. The average molecular weight is 165 g/mol. The summed E-state index contributed by atoms with van der Waals surface area (Å²) in [5, 5.41) is 2.58. The minimum absolute atomic E-state index is 0. The van der Waals surface area contributed by atoms with Crippen molar-refractivity contribution in [3.63, 3.8) is 0 Å². The largest absolute Gasteiger partial charge is 0.329 e. The number of nitrogens with one attached hydrogen (secondary N) is 1. The number of carbonyl (C=O) groups is 1. The Morgan fingerprint density at radius 2 is 1.92 bits per heavy atom. The number of hydrogen-bond acceptors (Lipinski definition) is 1. The van der Waals surface area contributed by atoms with Gasteiger partial charge in [0, 0.05) is 5.69 Å². The summed E-state index contributed by atoms with van der Waals surface area (Å²) in [4.78, 5) is 10.0. The second-order valence-electron chi connectivity index (χ2n) is 2.31. The minimum Gasteiger partial charge on any atom is -0.329 e. The third-order valence-corrected chi connectivity index (χ3v) is 1.59. The van der Waals surface area contributed by atoms with Crippen molar-refractivity contribution in [2.24, 2.45) is 0 Å². The van der Waals surface area contributed by atoms with E-state index in [4.69, 9.17) is 0 Å². The summed E-state index contributed by atoms with van der Waals surface area (Å²) in [6.45, 7) is 2.10. The zero-order valence-corrected chi connectivity index (χ0v) is 6.50. The fraction of sp³-hybridized carbons (Fsp3) is 0.300. The highest BCUT2D eigenvalue weighted by Gasteiger charge is 1.89. The Bertz CT molecular complexity index is 228. The molecule has 0 saturated heterocycles. The van der Waals surface area contributed by atoms with Crippen LogP contribution in [0.15, 0.2) is 24.3 Å². The number of benzene rings is 1. The Kier molecular flexibility index (Phi) is 4.77. The van der Waals surface area contributed by atoms with E-state index in [9.17, 15) is 4.79 Å². The van der Waals surface area contributed by atoms with E-state index in [1.807, 2.05) is 24.3 Å². The van der Waals surface area contributed by atoms with Gasteiger partial charge in [0.25, 0.3) is 0 Å². The number of anilines is 1. The van der Waals surface area contributed by atoms with Crippen molar-refractivity contribution in [2.75, 3.05) is 5.32 Å². The van der Waals surface area contributed by atoms with Crippen LogP contribution in [0.4, 0.5) is 5.69 Å². The molecule has 2 heteroatoms. The van der Waals surface area contributed by atoms with Crippen LogP contribution in [0.5, 0.6) is 0 Å². The highest BCUT2D eigenvalue weighted by atomic mass is 16.1. The van der Waals surface area contributed by atoms with Crippen molar-refractivity contribution in [3.8, 4) is 0 Å². The molecule has 1 aromatic carbocycles. The van der Waals surface area contributed by atoms with E-state index in [2.05, 4.69) is 12.2 Å². The van der Waals surface area contributed by atoms with E-state index in [0.717, 1.165) is 12.1 Å². The number of aryl methyl sites for hydroxylation is 1. The average Bonchev–Trinajstić information content (AvgIpc) is 2.07. The second-order valence-corrected chi connectivity index (χ2v) is 2.31. The van der Waals surface area contributed by atoms with Gasteiger partial charge < -0.3 is 5.32 Å². The van der Waals surface area contributed by atoms with Gasteiger partial charge in [-0.25, -0.2) is 0 Å². The van der Waals surface area contributed by atoms with Crippen LogP contribution in [-0.4, -0.2) is 6.41 Å². The van der Waals surface area contributed by atoms with Crippen LogP contribution < -0.4 is 5.32 Å². The number of carbonyl (C=O) groups excluding carboxylic acids is 1. The van der Waals surface area contributed by atoms with Crippen molar-refractivity contribution in [2.45, 2.75) is 20.8 Å². The predicted octanol–water partition coefficient (Wildman–Crippen LogP) is 2.45. The molecule has 0 heterocycles. The molecule has 0 aromatic heterocycles. The maximum atomic E-state index is 10.0. The molecule has 0 unspecified atom stereocenters. The van der Waals surface area contributed by atoms with Gasteiger partial charge >= 0.3 is 0 Å². The SMILES string of the molecule is C.CCc1ccc(NC=O)cc1. The van der Waals surface area contributed by atoms with E-state index in [0.29, 0.717) is 6.41 Å². The van der Waals surface area contributed by atoms with Crippen LogP contribution in [0.2, 0.25) is 0 Å². The van der Waals surface area contributed by atoms with Gasteiger partial charge in [0.1, 0.15) is 0 Å². The van der Waals surface area contributed by atoms with Crippen molar-refractivity contribution in [1.82, 2.24) is 0 Å². The van der Waals surface area contributed by atoms with E-state index in [1.54, 1.807) is 0 Å². The Labute approximate surface area is 73.6 Å². The third-order valence-electron chi connectivity index (χ3n) is 1.59. The Balaban J connectivity index is 0.00000121. The molecular formula is C10H15NO. The van der Waals surface area contributed by atoms with E-state index < -0.39 is 0 Å². The summed E-state index contributed by atoms with van der Waals surface area (Å²) in [6, 6.07) is 7.80. The molecule has 0 aliphatic carbocycles. The Hall–Kier alpha value is -1.31. The van der Waals surface area contributed by atoms with Crippen molar-refractivity contribution in [1.29, 1.82) is 0 Å². The van der Waals surface area contributed by atoms with E-state index in [-0.39, 0.29) is 7.43 Å². The fourth-order valence-corrected chi connectivity index (χ4v) is 0.905. The quantitative estimate of drug-likeness (QED) is 0.685. The van der Waals surface area contributed by atoms with Crippen molar-refractivity contribution >= 4 is 12.1 Å². The monoisotopic (exact) mass is 165 g/mol. The first-order valence-corrected chi connectivity index (χ1v) is 3.66. The van der Waals surface area contributed by atoms with Crippen LogP contribution in [0, 0.1) is 0 Å². The standard InChI is InChI=1S/C9H11NO.CH4/c1-2-8-3-5-9(6-4-8)10-7-11;/h3-7H,2H2,1H3,(H,10,11);1H4. The van der Waals surface area contributed by atoms with Gasteiger partial charge in [-0.3, -0.25) is 4.79 Å². The first-order valence-electron chi connectivity index (χ1n) is 3.66. The highest BCUT2D eigenvalue weighted by molar-refractivity contribution is 5.70. The molecular weight excluding hydrogens is 150 g/mol. The molecule has 1 amide bonds. The molecule has 0 aliphatic heterocycles. The molecule has 0 radical (unpaired) electrons. The topological polar surface area (TPSA) is 29.1 Å². The molecule has 66 valence electrons. The van der Waals surface area contributed by atoms with Crippen LogP contribution in [0.3, 0.4) is 0 Å². The van der Waals surface area contributed by atoms with Crippen molar-refractivity contribution in [3.05, 3.63) is 29.8 Å². The van der Waals surface area contributed by atoms with Gasteiger partial charge in [-0.1, -0.05) is 26.5 Å². The predicted molar refractivity (Wildman–Crippen MR) is 52.2 cm³/mol. The van der Waals surface area contributed by atoms with E-state index in [1.165, 1.54) is 5.56 Å². The van der Waals surface area contributed by atoms with Gasteiger partial charge in [-0.15, -0.1) is 0 Å². The molecule has 2 nitrogen and oxygen atoms in total. The number of hydrogen-bond donors (Lipinski definition) is 1. The summed E-state index contributed by atoms with van der Waals surface area (Å²) in [6.07, 6.45) is 1.71. The fourth-order valence-electron chi connectivity index (χ4n) is 0.905. The van der Waals surface area contributed by atoms with Gasteiger partial charge in [0.15, 0.2) is 0 Å². The van der Waals surface area contributed by atoms with Crippen LogP contribution in [-0.2, 0) is 11.2 Å². The minimum atomic E-state index is 0. The van der Waals surface area contributed by atoms with Gasteiger partial charge in [-0.05, 0) is 24.1 Å². The zero-order chi connectivity index (χ0) is 8.10. The summed E-state index contributed by atoms with van der Waals surface area (Å²) in [5.41, 5.74) is 2.12. The van der Waals surface area contributed by atoms with E-state index >= 15 is 0 Å². The lowest BCUT2D eigenvalue weighted by Crippen LogP contribution is -1.92. The first kappa shape index (κ1) is 10.7. The lowest BCUT2D eigenvalue weighted by molar-refractivity contribution is -0.105. The first-order chi connectivity index (χ1) is 5.36. The summed E-state index contributed by atoms with van der Waals surface area (Å²) >= 11 is 0. The molecule has 0 bridgehead atoms. The molecule has 0 aliphatic rings. The summed E-state index contributed by atoms with van der Waals surface area (Å²) < 4.78 is 0. The van der Waals surface area contributed by atoms with Crippen molar-refractivity contribution < 1.29 is 4.79 Å². The zero-order valence-electron chi connectivity index (χ0n) is 6.50. The lowest BCUT2D eigenvalue weighted by Gasteiger charge is -1.98. The molecule has 1 N–H and O–H groups in total. The Morgan fingerprint density at radius 1 is 1.33 bits per heavy atom. The summed E-state index contributed by atoms with van der Waals surface area (Å²) in [5.74, 6) is 0. The molecule has 0 saturated carbocycles. The normalized spacial score (nSPS) is 8.42. The van der Waals surface area contributed by atoms with Gasteiger partial charge in [-0.2, -0.15) is 0 Å². The lowest BCUT2D eigenvalue weighted by atomic mass is 10.1. The van der Waals surface area contributed by atoms with Gasteiger partial charge in [0.05, 0.1) is 0 Å². The smallest absolute Gasteiger partial charge is 0.211 e. The number of amides is 1. The molecule has 0 spiro atoms. The molecule has 0 atom stereocenters. The molecule has 1 aromatic rings.